The molecule has 2 aromatic rings. The van der Waals surface area contributed by atoms with Gasteiger partial charge in [-0.2, -0.15) is 0 Å². The summed E-state index contributed by atoms with van der Waals surface area (Å²) in [6.45, 7) is 3.72. The summed E-state index contributed by atoms with van der Waals surface area (Å²) in [5.41, 5.74) is -1.81. The van der Waals surface area contributed by atoms with Crippen molar-refractivity contribution in [1.29, 1.82) is 0 Å². The van der Waals surface area contributed by atoms with E-state index in [1.807, 2.05) is 13.0 Å². The normalized spacial score (nSPS) is 33.3. The topological polar surface area (TPSA) is 98.5 Å². The predicted molar refractivity (Wildman–Crippen MR) is 91.0 cm³/mol. The van der Waals surface area contributed by atoms with Crippen LogP contribution in [0.4, 0.5) is 0 Å². The maximum atomic E-state index is 11.6. The number of carbonyl (C=O) groups excluding carboxylic acids is 1. The van der Waals surface area contributed by atoms with Crippen LogP contribution in [0.1, 0.15) is 26.7 Å². The second-order valence-corrected chi connectivity index (χ2v) is 7.39. The summed E-state index contributed by atoms with van der Waals surface area (Å²) in [4.78, 5) is 22.9. The van der Waals surface area contributed by atoms with Gasteiger partial charge in [-0.3, -0.25) is 0 Å². The molecule has 7 nitrogen and oxygen atoms in total. The zero-order valence-corrected chi connectivity index (χ0v) is 14.6. The number of aliphatic hydroxyl groups is 1. The fourth-order valence-electron chi connectivity index (χ4n) is 3.40. The average Bonchev–Trinajstić information content (AvgIpc) is 3.12. The molecular weight excluding hydrogens is 340 g/mol. The molecule has 26 heavy (non-hydrogen) atoms. The molecular formula is C19H20O7. The van der Waals surface area contributed by atoms with Crippen LogP contribution >= 0.6 is 0 Å². The van der Waals surface area contributed by atoms with Crippen molar-refractivity contribution in [2.45, 2.75) is 50.1 Å². The Balaban J connectivity index is 1.35. The van der Waals surface area contributed by atoms with Gasteiger partial charge >= 0.3 is 11.6 Å². The number of hydrogen-bond donors (Lipinski definition) is 1. The molecule has 0 bridgehead atoms. The summed E-state index contributed by atoms with van der Waals surface area (Å²) in [6.07, 6.45) is 0.282. The van der Waals surface area contributed by atoms with Gasteiger partial charge in [-0.15, -0.1) is 0 Å². The van der Waals surface area contributed by atoms with Gasteiger partial charge in [0.2, 0.25) is 0 Å². The van der Waals surface area contributed by atoms with Crippen LogP contribution in [-0.4, -0.2) is 41.1 Å². The van der Waals surface area contributed by atoms with Crippen LogP contribution < -0.4 is 10.4 Å². The van der Waals surface area contributed by atoms with E-state index in [4.69, 9.17) is 18.6 Å². The van der Waals surface area contributed by atoms with Crippen molar-refractivity contribution in [3.63, 3.8) is 0 Å². The first-order chi connectivity index (χ1) is 12.2. The van der Waals surface area contributed by atoms with Gasteiger partial charge in [0.1, 0.15) is 30.1 Å². The van der Waals surface area contributed by atoms with E-state index in [9.17, 15) is 14.7 Å². The quantitative estimate of drug-likeness (QED) is 0.493. The van der Waals surface area contributed by atoms with Crippen molar-refractivity contribution in [1.82, 2.24) is 0 Å². The van der Waals surface area contributed by atoms with Gasteiger partial charge < -0.3 is 23.7 Å². The van der Waals surface area contributed by atoms with Gasteiger partial charge in [-0.25, -0.2) is 9.59 Å². The number of fused-ring (bicyclic) bond motifs is 1. The van der Waals surface area contributed by atoms with Gasteiger partial charge in [-0.1, -0.05) is 0 Å². The molecule has 3 heterocycles. The number of benzene rings is 1. The number of cyclic esters (lactones) is 1. The van der Waals surface area contributed by atoms with Crippen LogP contribution in [0.2, 0.25) is 0 Å². The third kappa shape index (κ3) is 3.20. The minimum absolute atomic E-state index is 0.134. The summed E-state index contributed by atoms with van der Waals surface area (Å²) in [5.74, 6) is -0.00265. The monoisotopic (exact) mass is 360 g/mol. The van der Waals surface area contributed by atoms with Crippen LogP contribution in [0.5, 0.6) is 5.75 Å². The molecule has 7 heteroatoms. The standard InChI is InChI=1S/C19H20O7/c1-18(22)8-13(24-17(18)21)9-19(2)15(26-19)10-23-12-5-3-11-4-6-16(20)25-14(11)7-12/h3-7,13,15,22H,8-10H2,1-2H3/t13-,15+,18-,19-/m1/s1. The number of epoxide rings is 1. The van der Waals surface area contributed by atoms with E-state index in [1.54, 1.807) is 18.2 Å². The smallest absolute Gasteiger partial charge is 0.338 e. The van der Waals surface area contributed by atoms with Gasteiger partial charge in [-0.05, 0) is 32.0 Å². The maximum Gasteiger partial charge on any atom is 0.338 e. The van der Waals surface area contributed by atoms with Crippen molar-refractivity contribution in [3.05, 3.63) is 40.8 Å². The van der Waals surface area contributed by atoms with Crippen LogP contribution in [0.25, 0.3) is 11.0 Å². The third-order valence-corrected chi connectivity index (χ3v) is 5.00. The van der Waals surface area contributed by atoms with Crippen molar-refractivity contribution in [3.8, 4) is 5.75 Å². The van der Waals surface area contributed by atoms with Gasteiger partial charge in [0.25, 0.3) is 0 Å². The highest BCUT2D eigenvalue weighted by atomic mass is 16.6. The first kappa shape index (κ1) is 17.1. The summed E-state index contributed by atoms with van der Waals surface area (Å²) < 4.78 is 21.8. The zero-order valence-electron chi connectivity index (χ0n) is 14.6. The molecule has 2 aliphatic rings. The highest BCUT2D eigenvalue weighted by molar-refractivity contribution is 5.81. The Kier molecular flexibility index (Phi) is 3.82. The number of rotatable bonds is 5. The molecule has 2 fully saturated rings. The van der Waals surface area contributed by atoms with E-state index in [0.717, 1.165) is 5.39 Å². The molecule has 4 rings (SSSR count). The summed E-state index contributed by atoms with van der Waals surface area (Å²) in [6, 6.07) is 8.37. The van der Waals surface area contributed by atoms with Crippen LogP contribution in [-0.2, 0) is 14.3 Å². The minimum Gasteiger partial charge on any atom is -0.491 e. The lowest BCUT2D eigenvalue weighted by molar-refractivity contribution is -0.153. The average molecular weight is 360 g/mol. The summed E-state index contributed by atoms with van der Waals surface area (Å²) in [7, 11) is 0. The molecule has 0 saturated carbocycles. The molecule has 0 unspecified atom stereocenters. The van der Waals surface area contributed by atoms with Gasteiger partial charge in [0.15, 0.2) is 5.60 Å². The molecule has 1 N–H and O–H groups in total. The molecule has 1 aromatic carbocycles. The Labute approximate surface area is 149 Å². The Morgan fingerprint density at radius 1 is 1.23 bits per heavy atom. The van der Waals surface area contributed by atoms with Crippen molar-refractivity contribution in [2.24, 2.45) is 0 Å². The van der Waals surface area contributed by atoms with Crippen LogP contribution in [0.3, 0.4) is 0 Å². The van der Waals surface area contributed by atoms with E-state index in [-0.39, 0.29) is 18.6 Å². The number of ether oxygens (including phenoxy) is 3. The maximum absolute atomic E-state index is 11.6. The Hall–Kier alpha value is -2.38. The number of hydrogen-bond acceptors (Lipinski definition) is 7. The SMILES string of the molecule is C[C@]1(C[C@H]2C[C@@](C)(O)C(=O)O2)O[C@H]1COc1ccc2ccc(=O)oc2c1. The third-order valence-electron chi connectivity index (χ3n) is 5.00. The molecule has 0 amide bonds. The molecule has 2 aliphatic heterocycles. The Bertz CT molecular complexity index is 915. The minimum atomic E-state index is -1.42. The lowest BCUT2D eigenvalue weighted by Gasteiger charge is -2.13. The highest BCUT2D eigenvalue weighted by Crippen LogP contribution is 2.43. The number of esters is 1. The van der Waals surface area contributed by atoms with Crippen molar-refractivity contribution < 1.29 is 28.5 Å². The summed E-state index contributed by atoms with van der Waals surface area (Å²) in [5, 5.41) is 10.7. The fraction of sp³-hybridized carbons (Fsp3) is 0.474. The second-order valence-electron chi connectivity index (χ2n) is 7.39. The second kappa shape index (κ2) is 5.82. The first-order valence-corrected chi connectivity index (χ1v) is 8.53. The van der Waals surface area contributed by atoms with Crippen LogP contribution in [0.15, 0.2) is 39.5 Å². The van der Waals surface area contributed by atoms with Gasteiger partial charge in [0, 0.05) is 30.4 Å². The molecule has 0 spiro atoms. The Morgan fingerprint density at radius 3 is 2.73 bits per heavy atom. The first-order valence-electron chi connectivity index (χ1n) is 8.53. The molecule has 4 atom stereocenters. The van der Waals surface area contributed by atoms with E-state index in [1.165, 1.54) is 13.0 Å². The van der Waals surface area contributed by atoms with Crippen LogP contribution in [0, 0.1) is 0 Å². The molecule has 0 radical (unpaired) electrons. The summed E-state index contributed by atoms with van der Waals surface area (Å²) >= 11 is 0. The lowest BCUT2D eigenvalue weighted by Crippen LogP contribution is -2.29. The Morgan fingerprint density at radius 2 is 2.00 bits per heavy atom. The van der Waals surface area contributed by atoms with E-state index >= 15 is 0 Å². The molecule has 0 aliphatic carbocycles. The van der Waals surface area contributed by atoms with Crippen molar-refractivity contribution in [2.75, 3.05) is 6.61 Å². The molecule has 1 aromatic heterocycles. The molecule has 138 valence electrons. The lowest BCUT2D eigenvalue weighted by atomic mass is 9.94. The predicted octanol–water partition coefficient (Wildman–Crippen LogP) is 1.79. The van der Waals surface area contributed by atoms with Gasteiger partial charge in [0.05, 0.1) is 5.60 Å². The molecule has 2 saturated heterocycles. The highest BCUT2D eigenvalue weighted by Gasteiger charge is 2.56. The fourth-order valence-corrected chi connectivity index (χ4v) is 3.40. The van der Waals surface area contributed by atoms with Crippen molar-refractivity contribution >= 4 is 16.9 Å². The van der Waals surface area contributed by atoms with E-state index in [0.29, 0.717) is 24.4 Å². The number of carbonyl (C=O) groups is 1. The van der Waals surface area contributed by atoms with E-state index in [2.05, 4.69) is 0 Å². The zero-order chi connectivity index (χ0) is 18.5. The largest absolute Gasteiger partial charge is 0.491 e. The van der Waals surface area contributed by atoms with E-state index < -0.39 is 22.8 Å².